The summed E-state index contributed by atoms with van der Waals surface area (Å²) in [4.78, 5) is 22.2. The number of nitrogens with two attached hydrogens (primary N) is 1. The Morgan fingerprint density at radius 3 is 2.90 bits per heavy atom. The highest BCUT2D eigenvalue weighted by molar-refractivity contribution is 5.72. The second kappa shape index (κ2) is 10.2. The minimum atomic E-state index is -0.988. The van der Waals surface area contributed by atoms with E-state index in [4.69, 9.17) is 15.6 Å². The summed E-state index contributed by atoms with van der Waals surface area (Å²) in [5, 5.41) is 11.3. The molecule has 0 bridgehead atoms. The molecule has 1 rings (SSSR count). The molecule has 0 aliphatic heterocycles. The van der Waals surface area contributed by atoms with Crippen LogP contribution in [0, 0.1) is 0 Å². The van der Waals surface area contributed by atoms with Gasteiger partial charge >= 0.3 is 12.1 Å². The van der Waals surface area contributed by atoms with Crippen LogP contribution in [0.15, 0.2) is 12.2 Å². The predicted molar refractivity (Wildman–Crippen MR) is 80.0 cm³/mol. The number of allylic oxidation sites excluding steroid dienone is 1. The zero-order valence-electron chi connectivity index (χ0n) is 12.4. The maximum absolute atomic E-state index is 11.6. The van der Waals surface area contributed by atoms with Crippen molar-refractivity contribution in [3.8, 4) is 0 Å². The van der Waals surface area contributed by atoms with Crippen molar-refractivity contribution < 1.29 is 19.4 Å². The molecule has 6 nitrogen and oxygen atoms in total. The summed E-state index contributed by atoms with van der Waals surface area (Å²) in [5.74, 6) is -0.988. The fourth-order valence-corrected chi connectivity index (χ4v) is 2.21. The molecule has 0 heterocycles. The van der Waals surface area contributed by atoms with Crippen molar-refractivity contribution in [2.24, 2.45) is 5.73 Å². The van der Waals surface area contributed by atoms with Gasteiger partial charge < -0.3 is 20.9 Å². The lowest BCUT2D eigenvalue weighted by molar-refractivity contribution is -0.138. The highest BCUT2D eigenvalue weighted by Gasteiger charge is 2.13. The number of rotatable bonds is 7. The molecule has 6 heteroatoms. The van der Waals surface area contributed by atoms with E-state index in [1.54, 1.807) is 0 Å². The SMILES string of the molecule is N[C@@H](CCCCNC(=O)O[C@H]1/C=C\CCCCC1)C(=O)O. The number of hydrogen-bond donors (Lipinski definition) is 3. The molecule has 0 aromatic rings. The van der Waals surface area contributed by atoms with Gasteiger partial charge in [-0.3, -0.25) is 4.79 Å². The van der Waals surface area contributed by atoms with Gasteiger partial charge in [0.1, 0.15) is 12.1 Å². The first-order valence-corrected chi connectivity index (χ1v) is 7.69. The fourth-order valence-electron chi connectivity index (χ4n) is 2.21. The zero-order valence-corrected chi connectivity index (χ0v) is 12.4. The van der Waals surface area contributed by atoms with Gasteiger partial charge in [0.25, 0.3) is 0 Å². The number of nitrogens with one attached hydrogen (secondary N) is 1. The number of carbonyl (C=O) groups excluding carboxylic acids is 1. The average molecular weight is 298 g/mol. The summed E-state index contributed by atoms with van der Waals surface area (Å²) in [6.45, 7) is 0.474. The van der Waals surface area contributed by atoms with E-state index < -0.39 is 18.1 Å². The van der Waals surface area contributed by atoms with E-state index in [0.29, 0.717) is 25.8 Å². The number of ether oxygens (including phenoxy) is 1. The maximum Gasteiger partial charge on any atom is 0.407 e. The molecular weight excluding hydrogens is 272 g/mol. The highest BCUT2D eigenvalue weighted by Crippen LogP contribution is 2.14. The lowest BCUT2D eigenvalue weighted by Gasteiger charge is -2.16. The first-order valence-electron chi connectivity index (χ1n) is 7.69. The van der Waals surface area contributed by atoms with E-state index in [1.165, 1.54) is 12.8 Å². The van der Waals surface area contributed by atoms with E-state index in [2.05, 4.69) is 11.4 Å². The third-order valence-electron chi connectivity index (χ3n) is 3.50. The second-order valence-corrected chi connectivity index (χ2v) is 5.38. The topological polar surface area (TPSA) is 102 Å². The van der Waals surface area contributed by atoms with Crippen molar-refractivity contribution in [1.82, 2.24) is 5.32 Å². The van der Waals surface area contributed by atoms with Gasteiger partial charge in [-0.15, -0.1) is 0 Å². The van der Waals surface area contributed by atoms with Crippen molar-refractivity contribution in [3.05, 3.63) is 12.2 Å². The number of carboxylic acid groups (broad SMARTS) is 1. The Morgan fingerprint density at radius 2 is 2.14 bits per heavy atom. The molecule has 120 valence electrons. The van der Waals surface area contributed by atoms with Gasteiger partial charge in [0.05, 0.1) is 0 Å². The van der Waals surface area contributed by atoms with Gasteiger partial charge in [0.15, 0.2) is 0 Å². The first kappa shape index (κ1) is 17.5. The van der Waals surface area contributed by atoms with Crippen LogP contribution in [0.25, 0.3) is 0 Å². The van der Waals surface area contributed by atoms with Gasteiger partial charge in [-0.1, -0.05) is 12.5 Å². The van der Waals surface area contributed by atoms with Gasteiger partial charge in [-0.25, -0.2) is 4.79 Å². The molecule has 0 unspecified atom stereocenters. The minimum absolute atomic E-state index is 0.134. The lowest BCUT2D eigenvalue weighted by Crippen LogP contribution is -2.31. The molecule has 0 aromatic heterocycles. The van der Waals surface area contributed by atoms with Crippen LogP contribution in [0.2, 0.25) is 0 Å². The molecule has 0 radical (unpaired) electrons. The first-order chi connectivity index (χ1) is 10.1. The molecule has 2 atom stereocenters. The largest absolute Gasteiger partial charge is 0.480 e. The Kier molecular flexibility index (Phi) is 8.50. The Bertz CT molecular complexity index is 358. The van der Waals surface area contributed by atoms with Crippen LogP contribution < -0.4 is 11.1 Å². The quantitative estimate of drug-likeness (QED) is 0.494. The smallest absolute Gasteiger partial charge is 0.407 e. The summed E-state index contributed by atoms with van der Waals surface area (Å²) in [7, 11) is 0. The maximum atomic E-state index is 11.6. The molecule has 0 aromatic carbocycles. The number of aliphatic carboxylic acids is 1. The summed E-state index contributed by atoms with van der Waals surface area (Å²) in [6.07, 6.45) is 10.6. The Balaban J connectivity index is 2.10. The number of unbranched alkanes of at least 4 members (excludes halogenated alkanes) is 1. The van der Waals surface area contributed by atoms with E-state index in [0.717, 1.165) is 19.3 Å². The van der Waals surface area contributed by atoms with Crippen molar-refractivity contribution in [2.75, 3.05) is 6.54 Å². The highest BCUT2D eigenvalue weighted by atomic mass is 16.6. The van der Waals surface area contributed by atoms with E-state index in [1.807, 2.05) is 6.08 Å². The van der Waals surface area contributed by atoms with Gasteiger partial charge in [0, 0.05) is 6.54 Å². The fraction of sp³-hybridized carbons (Fsp3) is 0.733. The number of carboxylic acids is 1. The molecule has 0 fully saturated rings. The molecular formula is C15H26N2O4. The molecule has 0 spiro atoms. The normalized spacial score (nSPS) is 21.7. The van der Waals surface area contributed by atoms with Crippen LogP contribution in [0.4, 0.5) is 4.79 Å². The van der Waals surface area contributed by atoms with E-state index >= 15 is 0 Å². The Labute approximate surface area is 125 Å². The standard InChI is InChI=1S/C15H26N2O4/c16-13(14(18)19)10-6-7-11-17-15(20)21-12-8-4-2-1-3-5-9-12/h4,8,12-13H,1-3,5-7,9-11,16H2,(H,17,20)(H,18,19)/b8-4-/t12-,13-/m0/s1. The molecule has 0 saturated carbocycles. The van der Waals surface area contributed by atoms with Crippen molar-refractivity contribution >= 4 is 12.1 Å². The van der Waals surface area contributed by atoms with Crippen molar-refractivity contribution in [1.29, 1.82) is 0 Å². The summed E-state index contributed by atoms with van der Waals surface area (Å²) in [6, 6.07) is -0.822. The summed E-state index contributed by atoms with van der Waals surface area (Å²) >= 11 is 0. The second-order valence-electron chi connectivity index (χ2n) is 5.38. The zero-order chi connectivity index (χ0) is 15.5. The molecule has 1 amide bonds. The van der Waals surface area contributed by atoms with E-state index in [9.17, 15) is 9.59 Å². The third kappa shape index (κ3) is 8.34. The molecule has 21 heavy (non-hydrogen) atoms. The minimum Gasteiger partial charge on any atom is -0.480 e. The van der Waals surface area contributed by atoms with Gasteiger partial charge in [-0.05, 0) is 51.0 Å². The molecule has 1 aliphatic carbocycles. The number of amides is 1. The molecule has 0 saturated heterocycles. The Hall–Kier alpha value is -1.56. The van der Waals surface area contributed by atoms with Gasteiger partial charge in [0.2, 0.25) is 0 Å². The number of carbonyl (C=O) groups is 2. The average Bonchev–Trinajstić information content (AvgIpc) is 2.41. The van der Waals surface area contributed by atoms with Gasteiger partial charge in [-0.2, -0.15) is 0 Å². The van der Waals surface area contributed by atoms with E-state index in [-0.39, 0.29) is 6.10 Å². The van der Waals surface area contributed by atoms with Crippen LogP contribution in [-0.4, -0.2) is 35.9 Å². The Morgan fingerprint density at radius 1 is 1.33 bits per heavy atom. The van der Waals surface area contributed by atoms with Crippen LogP contribution in [0.1, 0.15) is 51.4 Å². The monoisotopic (exact) mass is 298 g/mol. The third-order valence-corrected chi connectivity index (χ3v) is 3.50. The van der Waals surface area contributed by atoms with Crippen molar-refractivity contribution in [2.45, 2.75) is 63.5 Å². The number of alkyl carbamates (subject to hydrolysis) is 1. The molecule has 4 N–H and O–H groups in total. The van der Waals surface area contributed by atoms with Crippen molar-refractivity contribution in [3.63, 3.8) is 0 Å². The van der Waals surface area contributed by atoms with Crippen LogP contribution in [0.5, 0.6) is 0 Å². The predicted octanol–water partition coefficient (Wildman–Crippen LogP) is 2.18. The lowest BCUT2D eigenvalue weighted by atomic mass is 10.0. The van der Waals surface area contributed by atoms with Crippen LogP contribution in [0.3, 0.4) is 0 Å². The summed E-state index contributed by atoms with van der Waals surface area (Å²) < 4.78 is 5.34. The van der Waals surface area contributed by atoms with Crippen LogP contribution >= 0.6 is 0 Å². The summed E-state index contributed by atoms with van der Waals surface area (Å²) in [5.41, 5.74) is 5.39. The number of hydrogen-bond acceptors (Lipinski definition) is 4. The molecule has 1 aliphatic rings. The van der Waals surface area contributed by atoms with Crippen LogP contribution in [-0.2, 0) is 9.53 Å².